The normalized spacial score (nSPS) is 21.5. The molecule has 41 heavy (non-hydrogen) atoms. The smallest absolute Gasteiger partial charge is 0.252 e. The molecule has 1 heterocycles. The SMILES string of the molecule is O=C(NCC1(O)CCCCC1)[C@]1(Cc2ccccc2)N=C(c2ccc(OCCCO)cc2)O[C@@H]1c1ccc(Br)cc1. The number of rotatable bonds is 11. The summed E-state index contributed by atoms with van der Waals surface area (Å²) in [7, 11) is 0. The molecule has 1 aliphatic heterocycles. The van der Waals surface area contributed by atoms with E-state index in [0.717, 1.165) is 40.4 Å². The van der Waals surface area contributed by atoms with Crippen molar-refractivity contribution in [1.29, 1.82) is 0 Å². The van der Waals surface area contributed by atoms with Crippen LogP contribution in [0.25, 0.3) is 0 Å². The van der Waals surface area contributed by atoms with Gasteiger partial charge < -0.3 is 25.0 Å². The van der Waals surface area contributed by atoms with Crippen molar-refractivity contribution in [2.75, 3.05) is 19.8 Å². The Bertz CT molecular complexity index is 1320. The van der Waals surface area contributed by atoms with Crippen LogP contribution in [0, 0.1) is 0 Å². The quantitative estimate of drug-likeness (QED) is 0.245. The van der Waals surface area contributed by atoms with E-state index in [1.54, 1.807) is 0 Å². The number of hydrogen-bond acceptors (Lipinski definition) is 6. The van der Waals surface area contributed by atoms with Crippen LogP contribution in [-0.4, -0.2) is 52.9 Å². The van der Waals surface area contributed by atoms with Gasteiger partial charge in [-0.15, -0.1) is 0 Å². The van der Waals surface area contributed by atoms with Crippen molar-refractivity contribution in [3.63, 3.8) is 0 Å². The van der Waals surface area contributed by atoms with Crippen LogP contribution in [0.15, 0.2) is 88.3 Å². The van der Waals surface area contributed by atoms with E-state index in [2.05, 4.69) is 21.2 Å². The molecular weight excluding hydrogens is 584 g/mol. The van der Waals surface area contributed by atoms with Gasteiger partial charge in [-0.1, -0.05) is 77.7 Å². The Labute approximate surface area is 249 Å². The van der Waals surface area contributed by atoms with Gasteiger partial charge in [0.1, 0.15) is 5.75 Å². The Kier molecular flexibility index (Phi) is 9.42. The number of nitrogens with zero attached hydrogens (tertiary/aromatic N) is 1. The molecule has 1 fully saturated rings. The Morgan fingerprint density at radius 1 is 1.00 bits per heavy atom. The molecule has 5 rings (SSSR count). The first kappa shape index (κ1) is 29.3. The molecule has 0 bridgehead atoms. The lowest BCUT2D eigenvalue weighted by Crippen LogP contribution is -2.54. The van der Waals surface area contributed by atoms with Gasteiger partial charge in [-0.2, -0.15) is 0 Å². The predicted molar refractivity (Wildman–Crippen MR) is 162 cm³/mol. The molecule has 0 aromatic heterocycles. The van der Waals surface area contributed by atoms with Gasteiger partial charge in [0.05, 0.1) is 12.2 Å². The number of carbonyl (C=O) groups excluding carboxylic acids is 1. The van der Waals surface area contributed by atoms with Crippen molar-refractivity contribution >= 4 is 27.7 Å². The maximum atomic E-state index is 14.3. The zero-order valence-electron chi connectivity index (χ0n) is 23.1. The van der Waals surface area contributed by atoms with Gasteiger partial charge in [0.2, 0.25) is 5.90 Å². The summed E-state index contributed by atoms with van der Waals surface area (Å²) in [6, 6.07) is 25.0. The van der Waals surface area contributed by atoms with E-state index in [0.29, 0.717) is 43.9 Å². The highest BCUT2D eigenvalue weighted by Crippen LogP contribution is 2.43. The standard InChI is InChI=1S/C33H37BrN2O5/c34-27-14-10-25(11-15-27)29-33(22-24-8-3-1-4-9-24,31(38)35-23-32(39)18-5-2-6-19-32)36-30(41-29)26-12-16-28(17-13-26)40-21-7-20-37/h1,3-4,8-17,29,37,39H,2,5-7,18-23H2,(H,35,38)/t29-,33-/m1/s1. The summed E-state index contributed by atoms with van der Waals surface area (Å²) in [4.78, 5) is 19.4. The highest BCUT2D eigenvalue weighted by Gasteiger charge is 2.53. The van der Waals surface area contributed by atoms with Crippen molar-refractivity contribution in [2.45, 2.75) is 62.2 Å². The summed E-state index contributed by atoms with van der Waals surface area (Å²) in [6.45, 7) is 0.676. The Balaban J connectivity index is 1.52. The first-order valence-electron chi connectivity index (χ1n) is 14.3. The third kappa shape index (κ3) is 7.00. The average Bonchev–Trinajstić information content (AvgIpc) is 3.38. The topological polar surface area (TPSA) is 100 Å². The van der Waals surface area contributed by atoms with E-state index in [1.807, 2.05) is 78.9 Å². The van der Waals surface area contributed by atoms with E-state index >= 15 is 0 Å². The van der Waals surface area contributed by atoms with Gasteiger partial charge in [-0.3, -0.25) is 4.79 Å². The fourth-order valence-electron chi connectivity index (χ4n) is 5.61. The largest absolute Gasteiger partial charge is 0.494 e. The number of aliphatic imine (C=N–C) groups is 1. The molecule has 1 aliphatic carbocycles. The molecule has 7 nitrogen and oxygen atoms in total. The molecule has 2 aliphatic rings. The van der Waals surface area contributed by atoms with Crippen molar-refractivity contribution in [3.05, 3.63) is 100 Å². The van der Waals surface area contributed by atoms with E-state index < -0.39 is 17.2 Å². The summed E-state index contributed by atoms with van der Waals surface area (Å²) >= 11 is 3.52. The first-order valence-corrected chi connectivity index (χ1v) is 15.1. The van der Waals surface area contributed by atoms with Crippen molar-refractivity contribution in [1.82, 2.24) is 5.32 Å². The molecule has 1 saturated carbocycles. The van der Waals surface area contributed by atoms with Crippen molar-refractivity contribution < 1.29 is 24.5 Å². The molecule has 0 saturated heterocycles. The van der Waals surface area contributed by atoms with Gasteiger partial charge in [0, 0.05) is 36.0 Å². The van der Waals surface area contributed by atoms with Crippen LogP contribution in [0.4, 0.5) is 0 Å². The molecule has 1 amide bonds. The zero-order valence-corrected chi connectivity index (χ0v) is 24.7. The molecule has 0 unspecified atom stereocenters. The fourth-order valence-corrected chi connectivity index (χ4v) is 5.88. The lowest BCUT2D eigenvalue weighted by molar-refractivity contribution is -0.130. The number of hydrogen-bond donors (Lipinski definition) is 3. The minimum atomic E-state index is -1.30. The molecule has 2 atom stereocenters. The second kappa shape index (κ2) is 13.2. The van der Waals surface area contributed by atoms with E-state index in [4.69, 9.17) is 19.6 Å². The third-order valence-electron chi connectivity index (χ3n) is 7.88. The summed E-state index contributed by atoms with van der Waals surface area (Å²) in [5.74, 6) is 0.786. The molecule has 3 aromatic carbocycles. The summed E-state index contributed by atoms with van der Waals surface area (Å²) in [6.07, 6.45) is 4.55. The molecular formula is C33H37BrN2O5. The van der Waals surface area contributed by atoms with Crippen LogP contribution >= 0.6 is 15.9 Å². The van der Waals surface area contributed by atoms with Crippen LogP contribution in [0.3, 0.4) is 0 Å². The Morgan fingerprint density at radius 2 is 1.71 bits per heavy atom. The molecule has 216 valence electrons. The summed E-state index contributed by atoms with van der Waals surface area (Å²) < 4.78 is 13.2. The monoisotopic (exact) mass is 620 g/mol. The maximum absolute atomic E-state index is 14.3. The van der Waals surface area contributed by atoms with Crippen LogP contribution < -0.4 is 10.1 Å². The molecule has 8 heteroatoms. The zero-order chi connectivity index (χ0) is 28.7. The second-order valence-electron chi connectivity index (χ2n) is 11.0. The Hall–Kier alpha value is -3.20. The maximum Gasteiger partial charge on any atom is 0.252 e. The highest BCUT2D eigenvalue weighted by molar-refractivity contribution is 9.10. The number of amides is 1. The van der Waals surface area contributed by atoms with E-state index in [9.17, 15) is 9.90 Å². The number of aliphatic hydroxyl groups excluding tert-OH is 1. The molecule has 0 radical (unpaired) electrons. The van der Waals surface area contributed by atoms with Gasteiger partial charge in [0.15, 0.2) is 11.6 Å². The highest BCUT2D eigenvalue weighted by atomic mass is 79.9. The Morgan fingerprint density at radius 3 is 2.39 bits per heavy atom. The average molecular weight is 622 g/mol. The number of nitrogens with one attached hydrogen (secondary N) is 1. The minimum absolute atomic E-state index is 0.0726. The summed E-state index contributed by atoms with van der Waals surface area (Å²) in [5.41, 5.74) is 0.314. The van der Waals surface area contributed by atoms with Crippen molar-refractivity contribution in [3.8, 4) is 5.75 Å². The number of halogens is 1. The fraction of sp³-hybridized carbons (Fsp3) is 0.394. The van der Waals surface area contributed by atoms with Crippen LogP contribution in [0.5, 0.6) is 5.75 Å². The number of ether oxygens (including phenoxy) is 2. The first-order chi connectivity index (χ1) is 19.9. The van der Waals surface area contributed by atoms with Gasteiger partial charge in [-0.05, 0) is 60.4 Å². The molecule has 3 aromatic rings. The number of aliphatic hydroxyl groups is 2. The second-order valence-corrected chi connectivity index (χ2v) is 11.9. The van der Waals surface area contributed by atoms with Gasteiger partial charge >= 0.3 is 0 Å². The molecule has 0 spiro atoms. The van der Waals surface area contributed by atoms with Crippen molar-refractivity contribution in [2.24, 2.45) is 4.99 Å². The molecule has 3 N–H and O–H groups in total. The van der Waals surface area contributed by atoms with Crippen LogP contribution in [0.1, 0.15) is 61.3 Å². The van der Waals surface area contributed by atoms with Crippen LogP contribution in [0.2, 0.25) is 0 Å². The van der Waals surface area contributed by atoms with E-state index in [-0.39, 0.29) is 19.1 Å². The lowest BCUT2D eigenvalue weighted by Gasteiger charge is -2.35. The minimum Gasteiger partial charge on any atom is -0.494 e. The third-order valence-corrected chi connectivity index (χ3v) is 8.41. The van der Waals surface area contributed by atoms with Crippen LogP contribution in [-0.2, 0) is 16.0 Å². The number of benzene rings is 3. The van der Waals surface area contributed by atoms with Gasteiger partial charge in [0.25, 0.3) is 5.91 Å². The predicted octanol–water partition coefficient (Wildman–Crippen LogP) is 5.52. The summed E-state index contributed by atoms with van der Waals surface area (Å²) in [5, 5.41) is 23.3. The lowest BCUT2D eigenvalue weighted by atomic mass is 9.81. The van der Waals surface area contributed by atoms with E-state index in [1.165, 1.54) is 0 Å². The van der Waals surface area contributed by atoms with Gasteiger partial charge in [-0.25, -0.2) is 4.99 Å². The number of carbonyl (C=O) groups is 1.